The highest BCUT2D eigenvalue weighted by Crippen LogP contribution is 2.43. The Morgan fingerprint density at radius 2 is 1.83 bits per heavy atom. The summed E-state index contributed by atoms with van der Waals surface area (Å²) in [6.45, 7) is 0. The molecule has 1 aromatic carbocycles. The van der Waals surface area contributed by atoms with E-state index in [0.717, 1.165) is 12.8 Å². The Labute approximate surface area is 107 Å². The number of hydrogen-bond donors (Lipinski definition) is 2. The van der Waals surface area contributed by atoms with E-state index in [1.807, 2.05) is 0 Å². The zero-order valence-electron chi connectivity index (χ0n) is 10.8. The standard InChI is InChI=1S/C14H20O4/c1-17-10-5-6-12(18-2)11(9-10)13(15)14(16)7-3-4-8-14/h5-6,9,13,15-16H,3-4,7-8H2,1-2H3. The van der Waals surface area contributed by atoms with Crippen LogP contribution in [0.15, 0.2) is 18.2 Å². The molecule has 100 valence electrons. The maximum Gasteiger partial charge on any atom is 0.125 e. The highest BCUT2D eigenvalue weighted by molar-refractivity contribution is 5.42. The van der Waals surface area contributed by atoms with Crippen LogP contribution in [-0.2, 0) is 0 Å². The van der Waals surface area contributed by atoms with Crippen LogP contribution in [0.25, 0.3) is 0 Å². The van der Waals surface area contributed by atoms with E-state index in [-0.39, 0.29) is 0 Å². The van der Waals surface area contributed by atoms with E-state index < -0.39 is 11.7 Å². The second-order valence-corrected chi connectivity index (χ2v) is 4.82. The van der Waals surface area contributed by atoms with Gasteiger partial charge in [0.1, 0.15) is 17.6 Å². The zero-order valence-corrected chi connectivity index (χ0v) is 10.8. The van der Waals surface area contributed by atoms with Crippen molar-refractivity contribution in [3.05, 3.63) is 23.8 Å². The Kier molecular flexibility index (Phi) is 3.78. The van der Waals surface area contributed by atoms with Gasteiger partial charge in [0.25, 0.3) is 0 Å². The number of ether oxygens (including phenoxy) is 2. The fraction of sp³-hybridized carbons (Fsp3) is 0.571. The number of methoxy groups -OCH3 is 2. The minimum atomic E-state index is -1.04. The van der Waals surface area contributed by atoms with Crippen molar-refractivity contribution in [2.45, 2.75) is 37.4 Å². The van der Waals surface area contributed by atoms with Gasteiger partial charge in [0, 0.05) is 5.56 Å². The number of hydrogen-bond acceptors (Lipinski definition) is 4. The summed E-state index contributed by atoms with van der Waals surface area (Å²) < 4.78 is 10.4. The first-order chi connectivity index (χ1) is 8.60. The lowest BCUT2D eigenvalue weighted by Gasteiger charge is -2.29. The molecule has 4 heteroatoms. The second kappa shape index (κ2) is 5.16. The van der Waals surface area contributed by atoms with Crippen LogP contribution >= 0.6 is 0 Å². The maximum atomic E-state index is 10.5. The van der Waals surface area contributed by atoms with Gasteiger partial charge in [-0.1, -0.05) is 12.8 Å². The molecule has 1 aliphatic rings. The van der Waals surface area contributed by atoms with E-state index in [1.54, 1.807) is 32.4 Å². The molecule has 0 bridgehead atoms. The van der Waals surface area contributed by atoms with Gasteiger partial charge in [-0.05, 0) is 31.0 Å². The first-order valence-corrected chi connectivity index (χ1v) is 6.23. The predicted octanol–water partition coefficient (Wildman–Crippen LogP) is 2.04. The highest BCUT2D eigenvalue weighted by Gasteiger charge is 2.40. The predicted molar refractivity (Wildman–Crippen MR) is 67.9 cm³/mol. The van der Waals surface area contributed by atoms with Crippen LogP contribution < -0.4 is 9.47 Å². The number of aliphatic hydroxyl groups is 2. The Balaban J connectivity index is 2.35. The van der Waals surface area contributed by atoms with Gasteiger partial charge in [-0.3, -0.25) is 0 Å². The molecule has 0 amide bonds. The summed E-state index contributed by atoms with van der Waals surface area (Å²) in [4.78, 5) is 0. The van der Waals surface area contributed by atoms with E-state index in [1.165, 1.54) is 0 Å². The third-order valence-electron chi connectivity index (χ3n) is 3.71. The second-order valence-electron chi connectivity index (χ2n) is 4.82. The topological polar surface area (TPSA) is 58.9 Å². The van der Waals surface area contributed by atoms with Gasteiger partial charge in [-0.15, -0.1) is 0 Å². The first kappa shape index (κ1) is 13.2. The van der Waals surface area contributed by atoms with Crippen LogP contribution in [0.1, 0.15) is 37.4 Å². The lowest BCUT2D eigenvalue weighted by molar-refractivity contribution is -0.0727. The molecule has 2 N–H and O–H groups in total. The van der Waals surface area contributed by atoms with Crippen molar-refractivity contribution in [3.63, 3.8) is 0 Å². The van der Waals surface area contributed by atoms with Crippen LogP contribution in [0.5, 0.6) is 11.5 Å². The molecule has 1 saturated carbocycles. The lowest BCUT2D eigenvalue weighted by atomic mass is 9.89. The van der Waals surface area contributed by atoms with Crippen LogP contribution in [0.2, 0.25) is 0 Å². The average molecular weight is 252 g/mol. The summed E-state index contributed by atoms with van der Waals surface area (Å²) in [5.74, 6) is 1.22. The van der Waals surface area contributed by atoms with Crippen molar-refractivity contribution >= 4 is 0 Å². The summed E-state index contributed by atoms with van der Waals surface area (Å²) in [6, 6.07) is 5.24. The largest absolute Gasteiger partial charge is 0.497 e. The van der Waals surface area contributed by atoms with E-state index in [4.69, 9.17) is 9.47 Å². The fourth-order valence-corrected chi connectivity index (χ4v) is 2.60. The van der Waals surface area contributed by atoms with Gasteiger partial charge in [0.2, 0.25) is 0 Å². The molecule has 1 fully saturated rings. The van der Waals surface area contributed by atoms with Gasteiger partial charge in [0.05, 0.1) is 19.8 Å². The Morgan fingerprint density at radius 1 is 1.17 bits per heavy atom. The van der Waals surface area contributed by atoms with Crippen molar-refractivity contribution in [1.29, 1.82) is 0 Å². The van der Waals surface area contributed by atoms with Gasteiger partial charge in [-0.25, -0.2) is 0 Å². The summed E-state index contributed by atoms with van der Waals surface area (Å²) in [5, 5.41) is 20.9. The number of rotatable bonds is 4. The Morgan fingerprint density at radius 3 is 2.39 bits per heavy atom. The van der Waals surface area contributed by atoms with Crippen molar-refractivity contribution < 1.29 is 19.7 Å². The van der Waals surface area contributed by atoms with Gasteiger partial charge in [0.15, 0.2) is 0 Å². The molecule has 1 atom stereocenters. The lowest BCUT2D eigenvalue weighted by Crippen LogP contribution is -2.33. The van der Waals surface area contributed by atoms with Crippen LogP contribution in [0.4, 0.5) is 0 Å². The van der Waals surface area contributed by atoms with Crippen LogP contribution in [0.3, 0.4) is 0 Å². The van der Waals surface area contributed by atoms with E-state index in [9.17, 15) is 10.2 Å². The smallest absolute Gasteiger partial charge is 0.125 e. The SMILES string of the molecule is COc1ccc(OC)c(C(O)C2(O)CCCC2)c1. The molecule has 1 aliphatic carbocycles. The van der Waals surface area contributed by atoms with Gasteiger partial charge < -0.3 is 19.7 Å². The maximum absolute atomic E-state index is 10.5. The summed E-state index contributed by atoms with van der Waals surface area (Å²) in [6.07, 6.45) is 2.19. The molecular weight excluding hydrogens is 232 g/mol. The third-order valence-corrected chi connectivity index (χ3v) is 3.71. The molecule has 18 heavy (non-hydrogen) atoms. The summed E-state index contributed by atoms with van der Waals surface area (Å²) >= 11 is 0. The van der Waals surface area contributed by atoms with E-state index >= 15 is 0 Å². The molecule has 2 rings (SSSR count). The first-order valence-electron chi connectivity index (χ1n) is 6.23. The van der Waals surface area contributed by atoms with Gasteiger partial charge in [-0.2, -0.15) is 0 Å². The molecule has 0 aliphatic heterocycles. The molecule has 1 unspecified atom stereocenters. The van der Waals surface area contributed by atoms with Crippen molar-refractivity contribution in [2.75, 3.05) is 14.2 Å². The number of benzene rings is 1. The quantitative estimate of drug-likeness (QED) is 0.861. The summed E-state index contributed by atoms with van der Waals surface area (Å²) in [5.41, 5.74) is -0.458. The number of aliphatic hydroxyl groups excluding tert-OH is 1. The van der Waals surface area contributed by atoms with Crippen molar-refractivity contribution in [3.8, 4) is 11.5 Å². The molecule has 0 spiro atoms. The fourth-order valence-electron chi connectivity index (χ4n) is 2.60. The highest BCUT2D eigenvalue weighted by atomic mass is 16.5. The molecule has 4 nitrogen and oxygen atoms in total. The van der Waals surface area contributed by atoms with Crippen molar-refractivity contribution in [2.24, 2.45) is 0 Å². The molecule has 1 aromatic rings. The Bertz CT molecular complexity index is 410. The molecule has 0 radical (unpaired) electrons. The normalized spacial score (nSPS) is 19.6. The average Bonchev–Trinajstić information content (AvgIpc) is 2.85. The Hall–Kier alpha value is -1.26. The van der Waals surface area contributed by atoms with E-state index in [0.29, 0.717) is 29.9 Å². The summed E-state index contributed by atoms with van der Waals surface area (Å²) in [7, 11) is 3.12. The van der Waals surface area contributed by atoms with Crippen molar-refractivity contribution in [1.82, 2.24) is 0 Å². The minimum Gasteiger partial charge on any atom is -0.497 e. The molecule has 0 aromatic heterocycles. The van der Waals surface area contributed by atoms with E-state index in [2.05, 4.69) is 0 Å². The van der Waals surface area contributed by atoms with Crippen LogP contribution in [0, 0.1) is 0 Å². The minimum absolute atomic E-state index is 0.573. The molecular formula is C14H20O4. The van der Waals surface area contributed by atoms with Gasteiger partial charge >= 0.3 is 0 Å². The molecule has 0 heterocycles. The van der Waals surface area contributed by atoms with Crippen LogP contribution in [-0.4, -0.2) is 30.0 Å². The molecule has 0 saturated heterocycles. The monoisotopic (exact) mass is 252 g/mol. The zero-order chi connectivity index (χ0) is 13.2. The third kappa shape index (κ3) is 2.31.